The number of aliphatic imine (C=N–C) groups is 1. The molecule has 2 rings (SSSR count). The molecule has 0 saturated carbocycles. The zero-order chi connectivity index (χ0) is 22.9. The van der Waals surface area contributed by atoms with Crippen molar-refractivity contribution in [3.63, 3.8) is 0 Å². The van der Waals surface area contributed by atoms with Gasteiger partial charge in [-0.05, 0) is 45.7 Å². The van der Waals surface area contributed by atoms with Crippen LogP contribution in [0.15, 0.2) is 35.5 Å². The molecule has 1 amide bonds. The number of rotatable bonds is 8. The Morgan fingerprint density at radius 3 is 2.45 bits per heavy atom. The van der Waals surface area contributed by atoms with E-state index >= 15 is 0 Å². The first-order chi connectivity index (χ1) is 14.7. The number of hydrogen-bond acceptors (Lipinski definition) is 5. The summed E-state index contributed by atoms with van der Waals surface area (Å²) in [6.45, 7) is 12.4. The maximum absolute atomic E-state index is 12.1. The van der Waals surface area contributed by atoms with Crippen molar-refractivity contribution >= 4 is 23.4 Å². The second-order valence-electron chi connectivity index (χ2n) is 8.39. The number of benzene rings is 1. The number of carbonyl (C=O) groups excluding carboxylic acids is 1. The minimum Gasteiger partial charge on any atom is -0.444 e. The van der Waals surface area contributed by atoms with Crippen LogP contribution in [0.2, 0.25) is 0 Å². The van der Waals surface area contributed by atoms with Crippen molar-refractivity contribution in [2.75, 3.05) is 20.1 Å². The fraction of sp³-hybridized carbons (Fsp3) is 0.522. The number of guanidine groups is 1. The molecule has 0 spiro atoms. The molecule has 0 bridgehead atoms. The van der Waals surface area contributed by atoms with Crippen LogP contribution >= 0.6 is 11.3 Å². The van der Waals surface area contributed by atoms with E-state index in [1.807, 2.05) is 51.2 Å². The summed E-state index contributed by atoms with van der Waals surface area (Å²) >= 11 is 1.73. The first-order valence-electron chi connectivity index (χ1n) is 10.6. The smallest absolute Gasteiger partial charge is 0.410 e. The van der Waals surface area contributed by atoms with Gasteiger partial charge in [0, 0.05) is 44.2 Å². The van der Waals surface area contributed by atoms with Gasteiger partial charge in [0.05, 0.1) is 11.6 Å². The predicted octanol–water partition coefficient (Wildman–Crippen LogP) is 4.12. The van der Waals surface area contributed by atoms with Crippen LogP contribution in [0.25, 0.3) is 0 Å². The van der Waals surface area contributed by atoms with E-state index in [4.69, 9.17) is 4.74 Å². The van der Waals surface area contributed by atoms with Crippen LogP contribution < -0.4 is 10.6 Å². The normalized spacial score (nSPS) is 11.9. The van der Waals surface area contributed by atoms with E-state index in [1.54, 1.807) is 23.3 Å². The van der Waals surface area contributed by atoms with Crippen LogP contribution in [0.4, 0.5) is 4.79 Å². The maximum atomic E-state index is 12.1. The minimum atomic E-state index is -0.495. The number of aryl methyl sites for hydroxylation is 1. The van der Waals surface area contributed by atoms with Crippen LogP contribution in [0, 0.1) is 6.92 Å². The van der Waals surface area contributed by atoms with E-state index in [-0.39, 0.29) is 6.09 Å². The van der Waals surface area contributed by atoms with E-state index in [0.717, 1.165) is 41.6 Å². The Balaban J connectivity index is 1.86. The van der Waals surface area contributed by atoms with Crippen molar-refractivity contribution in [2.45, 2.75) is 59.7 Å². The van der Waals surface area contributed by atoms with Gasteiger partial charge in [-0.25, -0.2) is 14.8 Å². The van der Waals surface area contributed by atoms with Gasteiger partial charge in [0.1, 0.15) is 5.60 Å². The van der Waals surface area contributed by atoms with E-state index in [9.17, 15) is 4.79 Å². The summed E-state index contributed by atoms with van der Waals surface area (Å²) in [6.07, 6.45) is 2.47. The highest BCUT2D eigenvalue weighted by Gasteiger charge is 2.19. The fourth-order valence-corrected chi connectivity index (χ4v) is 3.53. The summed E-state index contributed by atoms with van der Waals surface area (Å²) in [5, 5.41) is 7.77. The molecule has 0 aliphatic heterocycles. The summed E-state index contributed by atoms with van der Waals surface area (Å²) in [5.74, 6) is 0.796. The highest BCUT2D eigenvalue weighted by molar-refractivity contribution is 7.11. The van der Waals surface area contributed by atoms with Gasteiger partial charge >= 0.3 is 6.09 Å². The van der Waals surface area contributed by atoms with Gasteiger partial charge in [0.2, 0.25) is 0 Å². The molecule has 170 valence electrons. The second-order valence-corrected chi connectivity index (χ2v) is 9.71. The average Bonchev–Trinajstić information content (AvgIpc) is 3.11. The third kappa shape index (κ3) is 9.38. The quantitative estimate of drug-likeness (QED) is 0.472. The fourth-order valence-electron chi connectivity index (χ4n) is 2.75. The zero-order valence-electron chi connectivity index (χ0n) is 19.5. The largest absolute Gasteiger partial charge is 0.444 e. The molecule has 2 aromatic rings. The Morgan fingerprint density at radius 2 is 1.87 bits per heavy atom. The number of aromatic nitrogens is 1. The van der Waals surface area contributed by atoms with Crippen LogP contribution in [0.3, 0.4) is 0 Å². The summed E-state index contributed by atoms with van der Waals surface area (Å²) in [4.78, 5) is 24.0. The Morgan fingerprint density at radius 1 is 1.19 bits per heavy atom. The lowest BCUT2D eigenvalue weighted by Gasteiger charge is -2.24. The molecule has 0 saturated heterocycles. The number of carbonyl (C=O) groups is 1. The highest BCUT2D eigenvalue weighted by Crippen LogP contribution is 2.13. The van der Waals surface area contributed by atoms with Crippen molar-refractivity contribution in [1.29, 1.82) is 0 Å². The van der Waals surface area contributed by atoms with Gasteiger partial charge in [-0.2, -0.15) is 0 Å². The SMILES string of the molecule is CCNC(=NCc1ccc(CN(C)C(=O)OC(C)(C)C)cc1)NCCc1ncc(C)s1. The average molecular weight is 446 g/mol. The van der Waals surface area contributed by atoms with E-state index in [0.29, 0.717) is 13.1 Å². The molecule has 1 aromatic carbocycles. The number of nitrogens with one attached hydrogen (secondary N) is 2. The number of amides is 1. The Labute approximate surface area is 189 Å². The molecule has 31 heavy (non-hydrogen) atoms. The molecule has 7 nitrogen and oxygen atoms in total. The van der Waals surface area contributed by atoms with Crippen LogP contribution in [-0.4, -0.2) is 47.7 Å². The standard InChI is InChI=1S/C23H35N5O2S/c1-7-24-21(25-13-12-20-26-14-17(2)31-20)27-15-18-8-10-19(11-9-18)16-28(6)22(29)30-23(3,4)5/h8-11,14H,7,12-13,15-16H2,1-6H3,(H2,24,25,27). The van der Waals surface area contributed by atoms with Crippen LogP contribution in [0.1, 0.15) is 48.7 Å². The van der Waals surface area contributed by atoms with Crippen LogP contribution in [-0.2, 0) is 24.2 Å². The van der Waals surface area contributed by atoms with Gasteiger partial charge in [-0.1, -0.05) is 24.3 Å². The van der Waals surface area contributed by atoms with Gasteiger partial charge < -0.3 is 20.3 Å². The van der Waals surface area contributed by atoms with E-state index in [1.165, 1.54) is 4.88 Å². The molecule has 0 aliphatic rings. The van der Waals surface area contributed by atoms with E-state index < -0.39 is 5.60 Å². The third-order valence-corrected chi connectivity index (χ3v) is 5.18. The number of hydrogen-bond donors (Lipinski definition) is 2. The summed E-state index contributed by atoms with van der Waals surface area (Å²) < 4.78 is 5.40. The first-order valence-corrected chi connectivity index (χ1v) is 11.4. The lowest BCUT2D eigenvalue weighted by molar-refractivity contribution is 0.0285. The van der Waals surface area contributed by atoms with E-state index in [2.05, 4.69) is 34.5 Å². The molecular formula is C23H35N5O2S. The Kier molecular flexibility index (Phi) is 9.30. The van der Waals surface area contributed by atoms with Crippen LogP contribution in [0.5, 0.6) is 0 Å². The van der Waals surface area contributed by atoms with Crippen molar-refractivity contribution in [3.05, 3.63) is 51.5 Å². The van der Waals surface area contributed by atoms with Crippen molar-refractivity contribution in [2.24, 2.45) is 4.99 Å². The Bertz CT molecular complexity index is 856. The molecule has 0 atom stereocenters. The summed E-state index contributed by atoms with van der Waals surface area (Å²) in [7, 11) is 1.74. The van der Waals surface area contributed by atoms with Gasteiger partial charge in [-0.15, -0.1) is 11.3 Å². The molecule has 2 N–H and O–H groups in total. The number of nitrogens with zero attached hydrogens (tertiary/aromatic N) is 3. The molecule has 0 fully saturated rings. The molecule has 0 aliphatic carbocycles. The topological polar surface area (TPSA) is 78.9 Å². The molecule has 1 aromatic heterocycles. The lowest BCUT2D eigenvalue weighted by Crippen LogP contribution is -2.38. The van der Waals surface area contributed by atoms with Gasteiger partial charge in [0.25, 0.3) is 0 Å². The van der Waals surface area contributed by atoms with Crippen molar-refractivity contribution in [1.82, 2.24) is 20.5 Å². The maximum Gasteiger partial charge on any atom is 0.410 e. The Hall–Kier alpha value is -2.61. The zero-order valence-corrected chi connectivity index (χ0v) is 20.3. The summed E-state index contributed by atoms with van der Waals surface area (Å²) in [5.41, 5.74) is 1.66. The van der Waals surface area contributed by atoms with Gasteiger partial charge in [-0.3, -0.25) is 0 Å². The summed E-state index contributed by atoms with van der Waals surface area (Å²) in [6, 6.07) is 8.14. The number of thiazole rings is 1. The second kappa shape index (κ2) is 11.7. The highest BCUT2D eigenvalue weighted by atomic mass is 32.1. The van der Waals surface area contributed by atoms with Gasteiger partial charge in [0.15, 0.2) is 5.96 Å². The monoisotopic (exact) mass is 445 g/mol. The lowest BCUT2D eigenvalue weighted by atomic mass is 10.1. The number of ether oxygens (including phenoxy) is 1. The molecule has 8 heteroatoms. The third-order valence-electron chi connectivity index (χ3n) is 4.21. The minimum absolute atomic E-state index is 0.324. The van der Waals surface area contributed by atoms with Crippen molar-refractivity contribution < 1.29 is 9.53 Å². The first kappa shape index (κ1) is 24.7. The van der Waals surface area contributed by atoms with Crippen molar-refractivity contribution in [3.8, 4) is 0 Å². The molecular weight excluding hydrogens is 410 g/mol. The predicted molar refractivity (Wildman–Crippen MR) is 128 cm³/mol. The molecule has 1 heterocycles. The molecule has 0 radical (unpaired) electrons. The molecule has 0 unspecified atom stereocenters.